The SMILES string of the molecule is O=C1CN(c2c(O)ccc(CCN3CCCCC3)c2F)S(=O)N1. The van der Waals surface area contributed by atoms with Gasteiger partial charge in [0.1, 0.15) is 18.0 Å². The molecule has 2 N–H and O–H groups in total. The number of rotatable bonds is 4. The maximum Gasteiger partial charge on any atom is 0.253 e. The maximum atomic E-state index is 14.7. The van der Waals surface area contributed by atoms with Crippen LogP contribution in [0.15, 0.2) is 12.1 Å². The van der Waals surface area contributed by atoms with E-state index >= 15 is 0 Å². The lowest BCUT2D eigenvalue weighted by molar-refractivity contribution is -0.117. The van der Waals surface area contributed by atoms with E-state index in [1.54, 1.807) is 6.07 Å². The van der Waals surface area contributed by atoms with E-state index in [0.717, 1.165) is 23.9 Å². The molecule has 0 saturated carbocycles. The maximum absolute atomic E-state index is 14.7. The van der Waals surface area contributed by atoms with Crippen LogP contribution in [-0.2, 0) is 22.4 Å². The van der Waals surface area contributed by atoms with Crippen LogP contribution in [0.1, 0.15) is 24.8 Å². The molecule has 0 bridgehead atoms. The molecule has 8 heteroatoms. The van der Waals surface area contributed by atoms with E-state index < -0.39 is 22.9 Å². The predicted octanol–water partition coefficient (Wildman–Crippen LogP) is 1.07. The third-order valence-electron chi connectivity index (χ3n) is 4.26. The minimum absolute atomic E-state index is 0.169. The third kappa shape index (κ3) is 3.48. The number of halogens is 1. The smallest absolute Gasteiger partial charge is 0.253 e. The molecule has 2 aliphatic rings. The van der Waals surface area contributed by atoms with E-state index in [-0.39, 0.29) is 18.0 Å². The van der Waals surface area contributed by atoms with Crippen molar-refractivity contribution in [3.63, 3.8) is 0 Å². The summed E-state index contributed by atoms with van der Waals surface area (Å²) in [4.78, 5) is 13.6. The lowest BCUT2D eigenvalue weighted by Crippen LogP contribution is -2.31. The summed E-state index contributed by atoms with van der Waals surface area (Å²) in [5.74, 6) is -1.37. The Morgan fingerprint density at radius 3 is 2.65 bits per heavy atom. The first-order chi connectivity index (χ1) is 11.1. The summed E-state index contributed by atoms with van der Waals surface area (Å²) < 4.78 is 29.8. The Bertz CT molecular complexity index is 635. The van der Waals surface area contributed by atoms with E-state index in [0.29, 0.717) is 12.0 Å². The molecule has 6 nitrogen and oxygen atoms in total. The number of carbonyl (C=O) groups excluding carboxylic acids is 1. The van der Waals surface area contributed by atoms with Gasteiger partial charge in [0.05, 0.1) is 0 Å². The Labute approximate surface area is 137 Å². The molecule has 23 heavy (non-hydrogen) atoms. The fraction of sp³-hybridized carbons (Fsp3) is 0.533. The summed E-state index contributed by atoms with van der Waals surface area (Å²) in [5, 5.41) is 9.93. The molecule has 2 aliphatic heterocycles. The average Bonchev–Trinajstić information content (AvgIpc) is 2.86. The molecule has 2 heterocycles. The van der Waals surface area contributed by atoms with Gasteiger partial charge in [-0.2, -0.15) is 0 Å². The van der Waals surface area contributed by atoms with Crippen molar-refractivity contribution in [2.24, 2.45) is 0 Å². The Kier molecular flexibility index (Phi) is 4.82. The summed E-state index contributed by atoms with van der Waals surface area (Å²) in [7, 11) is 0. The lowest BCUT2D eigenvalue weighted by atomic mass is 10.1. The minimum atomic E-state index is -1.86. The molecule has 1 atom stereocenters. The van der Waals surface area contributed by atoms with E-state index in [1.165, 1.54) is 25.3 Å². The molecule has 2 fully saturated rings. The van der Waals surface area contributed by atoms with Gasteiger partial charge in [0.2, 0.25) is 11.2 Å². The molecule has 1 aromatic carbocycles. The zero-order valence-corrected chi connectivity index (χ0v) is 13.6. The highest BCUT2D eigenvalue weighted by molar-refractivity contribution is 7.85. The second kappa shape index (κ2) is 6.84. The van der Waals surface area contributed by atoms with Gasteiger partial charge < -0.3 is 10.0 Å². The number of phenols is 1. The molecule has 1 unspecified atom stereocenters. The Morgan fingerprint density at radius 2 is 2.00 bits per heavy atom. The fourth-order valence-electron chi connectivity index (χ4n) is 3.02. The predicted molar refractivity (Wildman–Crippen MR) is 85.7 cm³/mol. The highest BCUT2D eigenvalue weighted by Gasteiger charge is 2.32. The quantitative estimate of drug-likeness (QED) is 0.859. The van der Waals surface area contributed by atoms with E-state index in [4.69, 9.17) is 0 Å². The zero-order valence-electron chi connectivity index (χ0n) is 12.8. The monoisotopic (exact) mass is 341 g/mol. The number of aromatic hydroxyl groups is 1. The molecule has 0 spiro atoms. The number of carbonyl (C=O) groups is 1. The van der Waals surface area contributed by atoms with Crippen LogP contribution in [0.4, 0.5) is 10.1 Å². The number of nitrogens with zero attached hydrogens (tertiary/aromatic N) is 2. The van der Waals surface area contributed by atoms with Gasteiger partial charge in [-0.15, -0.1) is 0 Å². The van der Waals surface area contributed by atoms with E-state index in [2.05, 4.69) is 9.62 Å². The molecule has 126 valence electrons. The lowest BCUT2D eigenvalue weighted by Gasteiger charge is -2.26. The van der Waals surface area contributed by atoms with Gasteiger partial charge in [0.25, 0.3) is 5.91 Å². The van der Waals surface area contributed by atoms with Crippen molar-refractivity contribution in [3.8, 4) is 5.75 Å². The molecule has 0 radical (unpaired) electrons. The molecule has 1 amide bonds. The van der Waals surface area contributed by atoms with Gasteiger partial charge in [-0.3, -0.25) is 13.8 Å². The molecule has 3 rings (SSSR count). The van der Waals surface area contributed by atoms with Gasteiger partial charge in [-0.25, -0.2) is 8.60 Å². The van der Waals surface area contributed by atoms with Gasteiger partial charge in [0.15, 0.2) is 5.82 Å². The van der Waals surface area contributed by atoms with Crippen LogP contribution in [0.2, 0.25) is 0 Å². The highest BCUT2D eigenvalue weighted by atomic mass is 32.2. The van der Waals surface area contributed by atoms with Crippen molar-refractivity contribution in [2.75, 3.05) is 30.5 Å². The van der Waals surface area contributed by atoms with Crippen LogP contribution in [0, 0.1) is 5.82 Å². The van der Waals surface area contributed by atoms with E-state index in [1.807, 2.05) is 0 Å². The van der Waals surface area contributed by atoms with Crippen molar-refractivity contribution >= 4 is 22.8 Å². The molecular formula is C15H20FN3O3S. The van der Waals surface area contributed by atoms with Gasteiger partial charge >= 0.3 is 0 Å². The number of amides is 1. The van der Waals surface area contributed by atoms with Crippen molar-refractivity contribution in [1.29, 1.82) is 0 Å². The Morgan fingerprint density at radius 1 is 1.26 bits per heavy atom. The summed E-state index contributed by atoms with van der Waals surface area (Å²) in [6.07, 6.45) is 4.10. The first kappa shape index (κ1) is 16.2. The first-order valence-electron chi connectivity index (χ1n) is 7.78. The second-order valence-electron chi connectivity index (χ2n) is 5.87. The van der Waals surface area contributed by atoms with Gasteiger partial charge in [0, 0.05) is 6.54 Å². The van der Waals surface area contributed by atoms with E-state index in [9.17, 15) is 18.5 Å². The number of nitrogens with one attached hydrogen (secondary N) is 1. The standard InChI is InChI=1S/C15H20FN3O3S/c16-14-11(6-9-18-7-2-1-3-8-18)4-5-12(20)15(14)19-10-13(21)17-23(19)22/h4-5,20H,1-3,6-10H2,(H,17,21). The summed E-state index contributed by atoms with van der Waals surface area (Å²) in [6, 6.07) is 2.94. The number of phenolic OH excluding ortho intramolecular Hbond substituents is 1. The van der Waals surface area contributed by atoms with Crippen LogP contribution < -0.4 is 9.03 Å². The van der Waals surface area contributed by atoms with Gasteiger partial charge in [-0.1, -0.05) is 12.5 Å². The van der Waals surface area contributed by atoms with Crippen molar-refractivity contribution in [3.05, 3.63) is 23.5 Å². The van der Waals surface area contributed by atoms with Crippen molar-refractivity contribution in [1.82, 2.24) is 9.62 Å². The number of hydrogen-bond donors (Lipinski definition) is 2. The molecule has 0 aromatic heterocycles. The molecule has 1 aromatic rings. The molecular weight excluding hydrogens is 321 g/mol. The van der Waals surface area contributed by atoms with Gasteiger partial charge in [-0.05, 0) is 44.0 Å². The van der Waals surface area contributed by atoms with Crippen LogP contribution in [-0.4, -0.2) is 46.3 Å². The van der Waals surface area contributed by atoms with Crippen LogP contribution in [0.5, 0.6) is 5.75 Å². The van der Waals surface area contributed by atoms with Crippen molar-refractivity contribution in [2.45, 2.75) is 25.7 Å². The average molecular weight is 341 g/mol. The normalized spacial score (nSPS) is 22.4. The largest absolute Gasteiger partial charge is 0.506 e. The number of hydrogen-bond acceptors (Lipinski definition) is 4. The summed E-state index contributed by atoms with van der Waals surface area (Å²) in [5.41, 5.74) is 0.289. The van der Waals surface area contributed by atoms with Crippen LogP contribution in [0.25, 0.3) is 0 Å². The fourth-order valence-corrected chi connectivity index (χ4v) is 3.97. The Balaban J connectivity index is 1.78. The second-order valence-corrected chi connectivity index (χ2v) is 7.01. The number of anilines is 1. The number of piperidine rings is 1. The topological polar surface area (TPSA) is 72.9 Å². The third-order valence-corrected chi connectivity index (χ3v) is 5.37. The minimum Gasteiger partial charge on any atom is -0.506 e. The summed E-state index contributed by atoms with van der Waals surface area (Å²) in [6.45, 7) is 2.58. The molecule has 0 aliphatic carbocycles. The highest BCUT2D eigenvalue weighted by Crippen LogP contribution is 2.34. The van der Waals surface area contributed by atoms with Crippen LogP contribution >= 0.6 is 0 Å². The summed E-state index contributed by atoms with van der Waals surface area (Å²) >= 11 is -1.86. The first-order valence-corrected chi connectivity index (χ1v) is 8.88. The zero-order chi connectivity index (χ0) is 16.4. The Hall–Kier alpha value is -1.67. The number of likely N-dealkylation sites (tertiary alicyclic amines) is 1. The molecule has 2 saturated heterocycles. The number of benzene rings is 1. The van der Waals surface area contributed by atoms with Crippen LogP contribution in [0.3, 0.4) is 0 Å². The van der Waals surface area contributed by atoms with Crippen molar-refractivity contribution < 1.29 is 18.5 Å².